The van der Waals surface area contributed by atoms with Gasteiger partial charge in [0.2, 0.25) is 10.0 Å². The first-order chi connectivity index (χ1) is 13.4. The van der Waals surface area contributed by atoms with Crippen LogP contribution in [0.25, 0.3) is 0 Å². The molecule has 0 unspecified atom stereocenters. The molecule has 0 aromatic heterocycles. The molecule has 0 aliphatic heterocycles. The van der Waals surface area contributed by atoms with Crippen molar-refractivity contribution in [3.05, 3.63) is 101 Å². The smallest absolute Gasteiger partial charge is 0.251 e. The van der Waals surface area contributed by atoms with Crippen LogP contribution in [0.3, 0.4) is 0 Å². The fraction of sp³-hybridized carbons (Fsp3) is 0.0952. The van der Waals surface area contributed by atoms with Crippen LogP contribution in [0.4, 0.5) is 4.39 Å². The van der Waals surface area contributed by atoms with Crippen LogP contribution in [-0.2, 0) is 23.1 Å². The molecule has 3 aromatic carbocycles. The number of amides is 1. The summed E-state index contributed by atoms with van der Waals surface area (Å²) in [6.07, 6.45) is 0. The largest absolute Gasteiger partial charge is 0.348 e. The Morgan fingerprint density at radius 2 is 1.46 bits per heavy atom. The number of halogens is 1. The average molecular weight is 398 g/mol. The minimum Gasteiger partial charge on any atom is -0.348 e. The second kappa shape index (κ2) is 8.77. The Morgan fingerprint density at radius 1 is 0.821 bits per heavy atom. The van der Waals surface area contributed by atoms with Gasteiger partial charge in [-0.2, -0.15) is 0 Å². The predicted molar refractivity (Wildman–Crippen MR) is 104 cm³/mol. The van der Waals surface area contributed by atoms with Crippen molar-refractivity contribution < 1.29 is 17.6 Å². The van der Waals surface area contributed by atoms with Crippen LogP contribution in [0.5, 0.6) is 0 Å². The van der Waals surface area contributed by atoms with Crippen LogP contribution in [-0.4, -0.2) is 14.3 Å². The molecule has 0 saturated heterocycles. The number of carbonyl (C=O) groups is 1. The van der Waals surface area contributed by atoms with Crippen molar-refractivity contribution in [3.63, 3.8) is 0 Å². The van der Waals surface area contributed by atoms with Crippen LogP contribution in [0.15, 0.2) is 83.8 Å². The predicted octanol–water partition coefficient (Wildman–Crippen LogP) is 3.23. The van der Waals surface area contributed by atoms with Crippen molar-refractivity contribution in [2.24, 2.45) is 0 Å². The third-order valence-electron chi connectivity index (χ3n) is 4.08. The molecule has 5 nitrogen and oxygen atoms in total. The average Bonchev–Trinajstić information content (AvgIpc) is 2.72. The Hall–Kier alpha value is -3.03. The molecule has 3 aromatic rings. The van der Waals surface area contributed by atoms with Gasteiger partial charge >= 0.3 is 0 Å². The number of benzene rings is 3. The van der Waals surface area contributed by atoms with Gasteiger partial charge in [-0.3, -0.25) is 4.79 Å². The monoisotopic (exact) mass is 398 g/mol. The van der Waals surface area contributed by atoms with E-state index < -0.39 is 15.8 Å². The SMILES string of the molecule is O=C(NCc1ccc(CNS(=O)(=O)c2ccccc2)cc1)c1cccc(F)c1. The maximum atomic E-state index is 13.2. The molecule has 0 aliphatic carbocycles. The molecule has 0 saturated carbocycles. The van der Waals surface area contributed by atoms with E-state index >= 15 is 0 Å². The lowest BCUT2D eigenvalue weighted by Crippen LogP contribution is -2.23. The second-order valence-electron chi connectivity index (χ2n) is 6.15. The number of nitrogens with one attached hydrogen (secondary N) is 2. The number of hydrogen-bond acceptors (Lipinski definition) is 3. The topological polar surface area (TPSA) is 75.3 Å². The minimum absolute atomic E-state index is 0.160. The van der Waals surface area contributed by atoms with Crippen molar-refractivity contribution in [3.8, 4) is 0 Å². The zero-order valence-electron chi connectivity index (χ0n) is 14.9. The summed E-state index contributed by atoms with van der Waals surface area (Å²) < 4.78 is 40.2. The van der Waals surface area contributed by atoms with Gasteiger partial charge in [-0.1, -0.05) is 48.5 Å². The highest BCUT2D eigenvalue weighted by atomic mass is 32.2. The summed E-state index contributed by atoms with van der Waals surface area (Å²) in [6, 6.07) is 20.8. The molecule has 0 bridgehead atoms. The van der Waals surface area contributed by atoms with Crippen molar-refractivity contribution in [1.82, 2.24) is 10.0 Å². The maximum Gasteiger partial charge on any atom is 0.251 e. The van der Waals surface area contributed by atoms with Gasteiger partial charge in [-0.25, -0.2) is 17.5 Å². The van der Waals surface area contributed by atoms with E-state index in [1.54, 1.807) is 48.5 Å². The fourth-order valence-electron chi connectivity index (χ4n) is 2.55. The van der Waals surface area contributed by atoms with E-state index in [1.165, 1.54) is 30.3 Å². The van der Waals surface area contributed by atoms with Crippen molar-refractivity contribution in [2.75, 3.05) is 0 Å². The number of carbonyl (C=O) groups excluding carboxylic acids is 1. The molecular formula is C21H19FN2O3S. The van der Waals surface area contributed by atoms with Gasteiger partial charge < -0.3 is 5.32 Å². The van der Waals surface area contributed by atoms with E-state index in [0.29, 0.717) is 0 Å². The molecule has 1 amide bonds. The highest BCUT2D eigenvalue weighted by molar-refractivity contribution is 7.89. The lowest BCUT2D eigenvalue weighted by atomic mass is 10.1. The molecule has 7 heteroatoms. The first-order valence-corrected chi connectivity index (χ1v) is 10.1. The first kappa shape index (κ1) is 19.7. The van der Waals surface area contributed by atoms with Gasteiger partial charge in [0.15, 0.2) is 0 Å². The quantitative estimate of drug-likeness (QED) is 0.642. The number of rotatable bonds is 7. The van der Waals surface area contributed by atoms with Gasteiger partial charge in [0.25, 0.3) is 5.91 Å². The second-order valence-corrected chi connectivity index (χ2v) is 7.91. The van der Waals surface area contributed by atoms with E-state index in [2.05, 4.69) is 10.0 Å². The maximum absolute atomic E-state index is 13.2. The molecule has 0 radical (unpaired) electrons. The summed E-state index contributed by atoms with van der Waals surface area (Å²) in [7, 11) is -3.56. The van der Waals surface area contributed by atoms with Gasteiger partial charge in [0, 0.05) is 18.7 Å². The van der Waals surface area contributed by atoms with Crippen molar-refractivity contribution in [2.45, 2.75) is 18.0 Å². The molecular weight excluding hydrogens is 379 g/mol. The zero-order chi connectivity index (χ0) is 20.0. The van der Waals surface area contributed by atoms with Crippen LogP contribution in [0.2, 0.25) is 0 Å². The van der Waals surface area contributed by atoms with E-state index in [1.807, 2.05) is 0 Å². The van der Waals surface area contributed by atoms with E-state index in [9.17, 15) is 17.6 Å². The molecule has 0 atom stereocenters. The third kappa shape index (κ3) is 5.25. The van der Waals surface area contributed by atoms with Gasteiger partial charge in [-0.15, -0.1) is 0 Å². The Kier molecular flexibility index (Phi) is 6.18. The van der Waals surface area contributed by atoms with Crippen LogP contribution in [0, 0.1) is 5.82 Å². The van der Waals surface area contributed by atoms with Crippen LogP contribution >= 0.6 is 0 Å². The summed E-state index contributed by atoms with van der Waals surface area (Å²) >= 11 is 0. The fourth-order valence-corrected chi connectivity index (χ4v) is 3.59. The summed E-state index contributed by atoms with van der Waals surface area (Å²) in [5.74, 6) is -0.825. The Bertz CT molecular complexity index is 1050. The molecule has 0 aliphatic rings. The normalized spacial score (nSPS) is 11.2. The Morgan fingerprint density at radius 3 is 2.11 bits per heavy atom. The number of sulfonamides is 1. The molecule has 0 spiro atoms. The Balaban J connectivity index is 1.54. The standard InChI is InChI=1S/C21H19FN2O3S/c22-19-6-4-5-18(13-19)21(25)23-14-16-9-11-17(12-10-16)15-24-28(26,27)20-7-2-1-3-8-20/h1-13,24H,14-15H2,(H,23,25). The molecule has 0 fully saturated rings. The van der Waals surface area contributed by atoms with Gasteiger partial charge in [0.1, 0.15) is 5.82 Å². The molecule has 2 N–H and O–H groups in total. The number of hydrogen-bond donors (Lipinski definition) is 2. The lowest BCUT2D eigenvalue weighted by Gasteiger charge is -2.09. The zero-order valence-corrected chi connectivity index (χ0v) is 15.7. The van der Waals surface area contributed by atoms with Crippen molar-refractivity contribution in [1.29, 1.82) is 0 Å². The summed E-state index contributed by atoms with van der Waals surface area (Å²) in [4.78, 5) is 12.2. The van der Waals surface area contributed by atoms with Crippen LogP contribution < -0.4 is 10.0 Å². The van der Waals surface area contributed by atoms with Crippen molar-refractivity contribution >= 4 is 15.9 Å². The highest BCUT2D eigenvalue weighted by Gasteiger charge is 2.12. The lowest BCUT2D eigenvalue weighted by molar-refractivity contribution is 0.0950. The van der Waals surface area contributed by atoms with Gasteiger partial charge in [-0.05, 0) is 41.5 Å². The first-order valence-electron chi connectivity index (χ1n) is 8.60. The summed E-state index contributed by atoms with van der Waals surface area (Å²) in [5, 5.41) is 2.72. The molecule has 0 heterocycles. The van der Waals surface area contributed by atoms with Gasteiger partial charge in [0.05, 0.1) is 4.90 Å². The Labute approximate surface area is 163 Å². The van der Waals surface area contributed by atoms with Crippen LogP contribution in [0.1, 0.15) is 21.5 Å². The molecule has 28 heavy (non-hydrogen) atoms. The summed E-state index contributed by atoms with van der Waals surface area (Å²) in [6.45, 7) is 0.443. The highest BCUT2D eigenvalue weighted by Crippen LogP contribution is 2.10. The minimum atomic E-state index is -3.56. The van der Waals surface area contributed by atoms with E-state index in [4.69, 9.17) is 0 Å². The third-order valence-corrected chi connectivity index (χ3v) is 5.50. The molecule has 144 valence electrons. The van der Waals surface area contributed by atoms with E-state index in [-0.39, 0.29) is 29.5 Å². The summed E-state index contributed by atoms with van der Waals surface area (Å²) in [5.41, 5.74) is 1.89. The molecule has 3 rings (SSSR count). The van der Waals surface area contributed by atoms with E-state index in [0.717, 1.165) is 11.1 Å².